The zero-order valence-electron chi connectivity index (χ0n) is 14.2. The van der Waals surface area contributed by atoms with Crippen LogP contribution in [0.25, 0.3) is 0 Å². The van der Waals surface area contributed by atoms with Crippen molar-refractivity contribution in [2.75, 3.05) is 20.1 Å². The second kappa shape index (κ2) is 10.2. The molecule has 0 bridgehead atoms. The Morgan fingerprint density at radius 2 is 1.90 bits per heavy atom. The quantitative estimate of drug-likeness (QED) is 0.643. The van der Waals surface area contributed by atoms with Gasteiger partial charge in [0.2, 0.25) is 5.91 Å². The first kappa shape index (κ1) is 18.4. The van der Waals surface area contributed by atoms with Gasteiger partial charge in [0, 0.05) is 25.0 Å². The summed E-state index contributed by atoms with van der Waals surface area (Å²) in [5, 5.41) is 3.05. The summed E-state index contributed by atoms with van der Waals surface area (Å²) in [5.74, 6) is 0.942. The van der Waals surface area contributed by atoms with E-state index >= 15 is 0 Å². The number of amides is 1. The Bertz CT molecular complexity index is 286. The number of hydrogen-bond donors (Lipinski definition) is 2. The highest BCUT2D eigenvalue weighted by Gasteiger charge is 2.18. The van der Waals surface area contributed by atoms with Gasteiger partial charge in [-0.2, -0.15) is 0 Å². The van der Waals surface area contributed by atoms with Crippen LogP contribution in [0.3, 0.4) is 0 Å². The van der Waals surface area contributed by atoms with Crippen LogP contribution < -0.4 is 11.1 Å². The molecule has 0 saturated heterocycles. The molecule has 0 radical (unpaired) electrons. The molecule has 0 aromatic rings. The Morgan fingerprint density at radius 1 is 1.24 bits per heavy atom. The Morgan fingerprint density at radius 3 is 2.52 bits per heavy atom. The summed E-state index contributed by atoms with van der Waals surface area (Å²) in [4.78, 5) is 14.2. The van der Waals surface area contributed by atoms with Crippen molar-refractivity contribution in [1.29, 1.82) is 0 Å². The maximum absolute atomic E-state index is 11.8. The average Bonchev–Trinajstić information content (AvgIpc) is 2.46. The van der Waals surface area contributed by atoms with Gasteiger partial charge in [-0.05, 0) is 78.3 Å². The Labute approximate surface area is 130 Å². The molecule has 124 valence electrons. The lowest BCUT2D eigenvalue weighted by molar-refractivity contribution is -0.121. The number of rotatable bonds is 9. The summed E-state index contributed by atoms with van der Waals surface area (Å²) in [7, 11) is 2.15. The summed E-state index contributed by atoms with van der Waals surface area (Å²) in [5.41, 5.74) is 5.90. The fraction of sp³-hybridized carbons (Fsp3) is 0.941. The first-order valence-electron chi connectivity index (χ1n) is 8.71. The summed E-state index contributed by atoms with van der Waals surface area (Å²) >= 11 is 0. The molecular weight excluding hydrogens is 262 g/mol. The summed E-state index contributed by atoms with van der Waals surface area (Å²) in [6.45, 7) is 6.34. The molecule has 1 amide bonds. The molecular formula is C17H35N3O. The number of nitrogens with one attached hydrogen (secondary N) is 1. The van der Waals surface area contributed by atoms with Crippen LogP contribution in [0.4, 0.5) is 0 Å². The second-order valence-electron chi connectivity index (χ2n) is 6.95. The third-order valence-corrected chi connectivity index (χ3v) is 4.81. The van der Waals surface area contributed by atoms with Gasteiger partial charge in [-0.25, -0.2) is 0 Å². The summed E-state index contributed by atoms with van der Waals surface area (Å²) < 4.78 is 0. The van der Waals surface area contributed by atoms with Crippen LogP contribution in [0, 0.1) is 5.92 Å². The van der Waals surface area contributed by atoms with Gasteiger partial charge in [0.05, 0.1) is 0 Å². The zero-order chi connectivity index (χ0) is 15.7. The minimum absolute atomic E-state index is 0.224. The maximum Gasteiger partial charge on any atom is 0.220 e. The molecule has 21 heavy (non-hydrogen) atoms. The number of nitrogens with two attached hydrogens (primary N) is 1. The predicted octanol–water partition coefficient (Wildman–Crippen LogP) is 2.52. The third kappa shape index (κ3) is 8.42. The minimum atomic E-state index is 0.224. The number of carbonyl (C=O) groups is 1. The molecule has 4 nitrogen and oxygen atoms in total. The monoisotopic (exact) mass is 297 g/mol. The van der Waals surface area contributed by atoms with Crippen LogP contribution in [0.5, 0.6) is 0 Å². The molecule has 0 atom stereocenters. The highest BCUT2D eigenvalue weighted by Crippen LogP contribution is 2.26. The van der Waals surface area contributed by atoms with Crippen molar-refractivity contribution >= 4 is 5.91 Å². The van der Waals surface area contributed by atoms with Crippen LogP contribution in [0.2, 0.25) is 0 Å². The molecule has 0 heterocycles. The fourth-order valence-electron chi connectivity index (χ4n) is 2.87. The Balaban J connectivity index is 1.96. The van der Waals surface area contributed by atoms with Gasteiger partial charge < -0.3 is 16.0 Å². The average molecular weight is 297 g/mol. The van der Waals surface area contributed by atoms with E-state index in [1.807, 2.05) is 0 Å². The Kier molecular flexibility index (Phi) is 8.93. The number of carbonyl (C=O) groups excluding carboxylic acids is 1. The molecule has 0 unspecified atom stereocenters. The standard InChI is InChI=1S/C17H35N3O/c1-14(2)20(3)13-5-4-12-19-17(21)11-8-15-6-9-16(18)10-7-15/h14-16H,4-13,18H2,1-3H3,(H,19,21). The number of nitrogens with zero attached hydrogens (tertiary/aromatic N) is 1. The van der Waals surface area contributed by atoms with Crippen molar-refractivity contribution in [2.24, 2.45) is 11.7 Å². The van der Waals surface area contributed by atoms with E-state index in [-0.39, 0.29) is 5.91 Å². The molecule has 0 aromatic carbocycles. The molecule has 1 aliphatic rings. The van der Waals surface area contributed by atoms with Crippen molar-refractivity contribution in [2.45, 2.75) is 77.3 Å². The van der Waals surface area contributed by atoms with Crippen molar-refractivity contribution in [3.05, 3.63) is 0 Å². The van der Waals surface area contributed by atoms with Gasteiger partial charge in [-0.3, -0.25) is 4.79 Å². The van der Waals surface area contributed by atoms with E-state index in [0.717, 1.165) is 51.1 Å². The van der Waals surface area contributed by atoms with Crippen molar-refractivity contribution in [1.82, 2.24) is 10.2 Å². The molecule has 0 spiro atoms. The van der Waals surface area contributed by atoms with Gasteiger partial charge in [0.25, 0.3) is 0 Å². The lowest BCUT2D eigenvalue weighted by Crippen LogP contribution is -2.29. The Hall–Kier alpha value is -0.610. The summed E-state index contributed by atoms with van der Waals surface area (Å²) in [6, 6.07) is 1.00. The third-order valence-electron chi connectivity index (χ3n) is 4.81. The smallest absolute Gasteiger partial charge is 0.220 e. The van der Waals surface area contributed by atoms with Crippen LogP contribution in [0.15, 0.2) is 0 Å². The SMILES string of the molecule is CC(C)N(C)CCCCNC(=O)CCC1CCC(N)CC1. The van der Waals surface area contributed by atoms with E-state index in [9.17, 15) is 4.79 Å². The lowest BCUT2D eigenvalue weighted by atomic mass is 9.84. The zero-order valence-corrected chi connectivity index (χ0v) is 14.2. The van der Waals surface area contributed by atoms with E-state index in [1.165, 1.54) is 12.8 Å². The van der Waals surface area contributed by atoms with Crippen LogP contribution in [-0.2, 0) is 4.79 Å². The van der Waals surface area contributed by atoms with Crippen LogP contribution >= 0.6 is 0 Å². The van der Waals surface area contributed by atoms with Crippen molar-refractivity contribution < 1.29 is 4.79 Å². The number of hydrogen-bond acceptors (Lipinski definition) is 3. The molecule has 1 saturated carbocycles. The number of unbranched alkanes of at least 4 members (excludes halogenated alkanes) is 1. The minimum Gasteiger partial charge on any atom is -0.356 e. The van der Waals surface area contributed by atoms with E-state index in [4.69, 9.17) is 5.73 Å². The molecule has 1 aliphatic carbocycles. The van der Waals surface area contributed by atoms with Gasteiger partial charge in [0.1, 0.15) is 0 Å². The van der Waals surface area contributed by atoms with Gasteiger partial charge in [0.15, 0.2) is 0 Å². The van der Waals surface area contributed by atoms with Crippen molar-refractivity contribution in [3.8, 4) is 0 Å². The van der Waals surface area contributed by atoms with Gasteiger partial charge in [-0.1, -0.05) is 0 Å². The second-order valence-corrected chi connectivity index (χ2v) is 6.95. The van der Waals surface area contributed by atoms with Crippen LogP contribution in [-0.4, -0.2) is 43.0 Å². The molecule has 0 aliphatic heterocycles. The highest BCUT2D eigenvalue weighted by atomic mass is 16.1. The maximum atomic E-state index is 11.8. The molecule has 0 aromatic heterocycles. The van der Waals surface area contributed by atoms with E-state index < -0.39 is 0 Å². The topological polar surface area (TPSA) is 58.4 Å². The molecule has 3 N–H and O–H groups in total. The normalized spacial score (nSPS) is 22.8. The van der Waals surface area contributed by atoms with E-state index in [0.29, 0.717) is 18.5 Å². The first-order chi connectivity index (χ1) is 9.99. The fourth-order valence-corrected chi connectivity index (χ4v) is 2.87. The van der Waals surface area contributed by atoms with E-state index in [1.54, 1.807) is 0 Å². The van der Waals surface area contributed by atoms with Gasteiger partial charge in [-0.15, -0.1) is 0 Å². The molecule has 1 fully saturated rings. The predicted molar refractivity (Wildman–Crippen MR) is 89.2 cm³/mol. The highest BCUT2D eigenvalue weighted by molar-refractivity contribution is 5.75. The first-order valence-corrected chi connectivity index (χ1v) is 8.71. The molecule has 1 rings (SSSR count). The van der Waals surface area contributed by atoms with Crippen molar-refractivity contribution in [3.63, 3.8) is 0 Å². The van der Waals surface area contributed by atoms with Gasteiger partial charge >= 0.3 is 0 Å². The lowest BCUT2D eigenvalue weighted by Gasteiger charge is -2.25. The van der Waals surface area contributed by atoms with Crippen LogP contribution in [0.1, 0.15) is 65.2 Å². The molecule has 4 heteroatoms. The largest absolute Gasteiger partial charge is 0.356 e. The van der Waals surface area contributed by atoms with E-state index in [2.05, 4.69) is 31.1 Å². The summed E-state index contributed by atoms with van der Waals surface area (Å²) in [6.07, 6.45) is 8.62.